The molecular weight excluding hydrogens is 891 g/mol. The molecule has 0 unspecified atom stereocenters. The van der Waals surface area contributed by atoms with Crippen molar-refractivity contribution in [1.29, 1.82) is 0 Å². The summed E-state index contributed by atoms with van der Waals surface area (Å²) < 4.78 is 101. The number of pyridine rings is 1. The molecule has 0 saturated carbocycles. The maximum Gasteiger partial charge on any atom is 0.406 e. The number of carbonyl (C=O) groups is 1. The third kappa shape index (κ3) is 11.0. The van der Waals surface area contributed by atoms with E-state index in [0.717, 1.165) is 32.5 Å². The minimum atomic E-state index is -4.55. The summed E-state index contributed by atoms with van der Waals surface area (Å²) in [5.74, 6) is 2.90. The standard InChI is InChI=1S/C49H50F6N10O3/c1-30-46(31(2)68-62-30)33-21-38(56)47-42(22-33)64(29-60-47)25-32-9-4-5-13-43(32)67-27-45(66)59-18-8-16-48(51,52)44-23-34(14-19-58-44)57-17-7-10-35-24-36-39(61-40-15-20-63(3)26-37(40)50)11-6-12-41(36)65(35)28-49(53,54)55/h4-6,9,11-14,19,21-24,29,37,40,61H,8,15-18,20,25-28,56H2,1-3H3,(H,57,58)(H,59,66)/t37-,40+/m0/s1. The molecule has 3 aromatic carbocycles. The highest BCUT2D eigenvalue weighted by atomic mass is 19.4. The Hall–Kier alpha value is -7.20. The number of carbonyl (C=O) groups excluding carboxylic acids is 1. The number of rotatable bonds is 16. The van der Waals surface area contributed by atoms with Crippen molar-refractivity contribution in [1.82, 2.24) is 34.5 Å². The van der Waals surface area contributed by atoms with E-state index in [9.17, 15) is 22.4 Å². The summed E-state index contributed by atoms with van der Waals surface area (Å²) in [6.07, 6.45) is -2.95. The number of aromatic nitrogens is 5. The first kappa shape index (κ1) is 47.3. The van der Waals surface area contributed by atoms with E-state index in [-0.39, 0.29) is 49.6 Å². The van der Waals surface area contributed by atoms with Crippen LogP contribution in [0.3, 0.4) is 0 Å². The van der Waals surface area contributed by atoms with Crippen molar-refractivity contribution in [2.75, 3.05) is 56.2 Å². The van der Waals surface area contributed by atoms with Gasteiger partial charge in [-0.15, -0.1) is 0 Å². The van der Waals surface area contributed by atoms with E-state index in [1.54, 1.807) is 42.7 Å². The zero-order valence-corrected chi connectivity index (χ0v) is 37.6. The van der Waals surface area contributed by atoms with Gasteiger partial charge in [0, 0.05) is 60.1 Å². The number of halogens is 6. The lowest BCUT2D eigenvalue weighted by Gasteiger charge is -2.33. The van der Waals surface area contributed by atoms with Gasteiger partial charge in [-0.1, -0.05) is 35.3 Å². The van der Waals surface area contributed by atoms with Crippen LogP contribution in [0.1, 0.15) is 47.7 Å². The fourth-order valence-electron chi connectivity index (χ4n) is 8.48. The van der Waals surface area contributed by atoms with Crippen LogP contribution in [-0.4, -0.2) is 93.3 Å². The molecule has 13 nitrogen and oxygen atoms in total. The number of likely N-dealkylation sites (tertiary alicyclic amines) is 1. The molecule has 0 spiro atoms. The largest absolute Gasteiger partial charge is 0.483 e. The molecule has 1 aliphatic heterocycles. The maximum absolute atomic E-state index is 15.4. The van der Waals surface area contributed by atoms with Gasteiger partial charge in [-0.3, -0.25) is 9.78 Å². The number of hydrogen-bond acceptors (Lipinski definition) is 10. The van der Waals surface area contributed by atoms with E-state index < -0.39 is 48.9 Å². The molecule has 2 atom stereocenters. The Morgan fingerprint density at radius 1 is 1.01 bits per heavy atom. The minimum Gasteiger partial charge on any atom is -0.483 e. The van der Waals surface area contributed by atoms with E-state index in [1.807, 2.05) is 54.6 Å². The van der Waals surface area contributed by atoms with Crippen molar-refractivity contribution in [3.63, 3.8) is 0 Å². The Morgan fingerprint density at radius 2 is 1.84 bits per heavy atom. The highest BCUT2D eigenvalue weighted by molar-refractivity contribution is 5.94. The van der Waals surface area contributed by atoms with Crippen LogP contribution < -0.4 is 26.4 Å². The number of alkyl halides is 6. The summed E-state index contributed by atoms with van der Waals surface area (Å²) in [7, 11) is 1.83. The molecule has 5 N–H and O–H groups in total. The number of nitrogens with one attached hydrogen (secondary N) is 3. The van der Waals surface area contributed by atoms with E-state index >= 15 is 8.78 Å². The molecule has 19 heteroatoms. The van der Waals surface area contributed by atoms with E-state index in [0.29, 0.717) is 53.3 Å². The van der Waals surface area contributed by atoms with Gasteiger partial charge >= 0.3 is 6.18 Å². The Kier molecular flexibility index (Phi) is 13.9. The van der Waals surface area contributed by atoms with Gasteiger partial charge in [0.2, 0.25) is 0 Å². The smallest absolute Gasteiger partial charge is 0.406 e. The summed E-state index contributed by atoms with van der Waals surface area (Å²) >= 11 is 0. The first-order chi connectivity index (χ1) is 32.5. The third-order valence-electron chi connectivity index (χ3n) is 11.8. The van der Waals surface area contributed by atoms with Crippen molar-refractivity contribution in [2.24, 2.45) is 0 Å². The predicted octanol–water partition coefficient (Wildman–Crippen LogP) is 8.84. The second-order valence-electron chi connectivity index (χ2n) is 16.9. The molecule has 0 radical (unpaired) electrons. The van der Waals surface area contributed by atoms with E-state index in [4.69, 9.17) is 15.0 Å². The highest BCUT2D eigenvalue weighted by Crippen LogP contribution is 2.35. The number of piperidine rings is 1. The number of amides is 1. The zero-order chi connectivity index (χ0) is 48.2. The number of para-hydroxylation sites is 1. The number of imidazole rings is 1. The number of nitrogen functional groups attached to an aromatic ring is 1. The number of hydrogen-bond donors (Lipinski definition) is 4. The number of anilines is 3. The Balaban J connectivity index is 0.836. The Morgan fingerprint density at radius 3 is 2.62 bits per heavy atom. The van der Waals surface area contributed by atoms with Gasteiger partial charge in [0.05, 0.1) is 53.6 Å². The topological polar surface area (TPSA) is 153 Å². The van der Waals surface area contributed by atoms with Crippen LogP contribution in [-0.2, 0) is 23.8 Å². The highest BCUT2D eigenvalue weighted by Gasteiger charge is 2.33. The first-order valence-electron chi connectivity index (χ1n) is 22.0. The predicted molar refractivity (Wildman–Crippen MR) is 248 cm³/mol. The van der Waals surface area contributed by atoms with Crippen LogP contribution in [0.2, 0.25) is 0 Å². The molecule has 356 valence electrons. The Labute approximate surface area is 388 Å². The fraction of sp³-hybridized carbons (Fsp3) is 0.347. The zero-order valence-electron chi connectivity index (χ0n) is 37.6. The second-order valence-corrected chi connectivity index (χ2v) is 16.9. The summed E-state index contributed by atoms with van der Waals surface area (Å²) in [5.41, 5.74) is 12.2. The molecule has 7 aromatic rings. The number of benzene rings is 3. The lowest BCUT2D eigenvalue weighted by atomic mass is 10.0. The minimum absolute atomic E-state index is 0.0416. The number of fused-ring (bicyclic) bond motifs is 2. The molecule has 68 heavy (non-hydrogen) atoms. The van der Waals surface area contributed by atoms with Gasteiger partial charge in [0.15, 0.2) is 6.61 Å². The van der Waals surface area contributed by atoms with Crippen LogP contribution in [0, 0.1) is 25.7 Å². The van der Waals surface area contributed by atoms with Gasteiger partial charge in [0.25, 0.3) is 11.8 Å². The van der Waals surface area contributed by atoms with Crippen LogP contribution in [0.4, 0.5) is 43.4 Å². The molecule has 1 aliphatic rings. The van der Waals surface area contributed by atoms with Gasteiger partial charge < -0.3 is 45.0 Å². The molecule has 1 saturated heterocycles. The van der Waals surface area contributed by atoms with Crippen LogP contribution in [0.5, 0.6) is 5.75 Å². The average Bonchev–Trinajstić information content (AvgIpc) is 3.98. The lowest BCUT2D eigenvalue weighted by molar-refractivity contribution is -0.140. The van der Waals surface area contributed by atoms with Crippen molar-refractivity contribution in [2.45, 2.75) is 70.5 Å². The van der Waals surface area contributed by atoms with Crippen LogP contribution in [0.15, 0.2) is 89.8 Å². The van der Waals surface area contributed by atoms with Crippen molar-refractivity contribution >= 4 is 44.9 Å². The van der Waals surface area contributed by atoms with Crippen molar-refractivity contribution in [3.05, 3.63) is 114 Å². The van der Waals surface area contributed by atoms with Gasteiger partial charge in [0.1, 0.15) is 35.4 Å². The number of nitrogens with zero attached hydrogens (tertiary/aromatic N) is 6. The fourth-order valence-corrected chi connectivity index (χ4v) is 8.48. The van der Waals surface area contributed by atoms with Crippen molar-refractivity contribution in [3.8, 4) is 28.7 Å². The molecule has 0 aliphatic carbocycles. The first-order valence-corrected chi connectivity index (χ1v) is 22.0. The van der Waals surface area contributed by atoms with Crippen LogP contribution >= 0.6 is 0 Å². The monoisotopic (exact) mass is 940 g/mol. The second kappa shape index (κ2) is 20.0. The van der Waals surface area contributed by atoms with Crippen LogP contribution in [0.25, 0.3) is 33.1 Å². The number of nitrogens with two attached hydrogens (primary N) is 1. The number of aryl methyl sites for hydroxylation is 2. The summed E-state index contributed by atoms with van der Waals surface area (Å²) in [5, 5.41) is 13.3. The molecule has 8 rings (SSSR count). The molecule has 0 bridgehead atoms. The van der Waals surface area contributed by atoms with Gasteiger partial charge in [-0.25, -0.2) is 9.37 Å². The molecular formula is C49H50F6N10O3. The quantitative estimate of drug-likeness (QED) is 0.0320. The maximum atomic E-state index is 15.4. The lowest BCUT2D eigenvalue weighted by Crippen LogP contribution is -2.46. The van der Waals surface area contributed by atoms with Gasteiger partial charge in [-0.2, -0.15) is 22.0 Å². The summed E-state index contributed by atoms with van der Waals surface area (Å²) in [4.78, 5) is 23.1. The van der Waals surface area contributed by atoms with Gasteiger partial charge in [-0.05, 0) is 93.8 Å². The molecule has 4 aromatic heterocycles. The Bertz CT molecular complexity index is 2970. The number of ether oxygens (including phenoxy) is 1. The molecule has 1 amide bonds. The SMILES string of the molecule is Cc1noc(C)c1-c1cc(N)c2ncn(Cc3ccccc3OCC(=O)NCCCC(F)(F)c3cc(NCC#Cc4cc5c(N[C@@H]6CCN(C)C[C@@H]6F)cccc5n4CC(F)(F)F)ccn3)c2c1. The molecule has 1 fully saturated rings. The van der Waals surface area contributed by atoms with Crippen molar-refractivity contribution < 1.29 is 40.4 Å². The summed E-state index contributed by atoms with van der Waals surface area (Å²) in [6, 6.07) is 19.6. The summed E-state index contributed by atoms with van der Waals surface area (Å²) in [6.45, 7) is 3.22. The normalized spacial score (nSPS) is 15.6. The molecule has 5 heterocycles. The third-order valence-corrected chi connectivity index (χ3v) is 11.8. The average molecular weight is 941 g/mol. The van der Waals surface area contributed by atoms with E-state index in [2.05, 4.69) is 42.9 Å². The van der Waals surface area contributed by atoms with E-state index in [1.165, 1.54) is 18.3 Å².